The van der Waals surface area contributed by atoms with E-state index in [-0.39, 0.29) is 18.2 Å². The van der Waals surface area contributed by atoms with E-state index in [1.54, 1.807) is 20.2 Å². The van der Waals surface area contributed by atoms with Gasteiger partial charge in [0.1, 0.15) is 18.0 Å². The number of rotatable bonds is 7. The minimum Gasteiger partial charge on any atom is -0.507 e. The van der Waals surface area contributed by atoms with Gasteiger partial charge < -0.3 is 14.7 Å². The predicted molar refractivity (Wildman–Crippen MR) is 99.7 cm³/mol. The Balaban J connectivity index is 1.95. The van der Waals surface area contributed by atoms with Crippen LogP contribution in [0.1, 0.15) is 31.7 Å². The summed E-state index contributed by atoms with van der Waals surface area (Å²) in [5.74, 6) is 1.76. The van der Waals surface area contributed by atoms with E-state index in [1.165, 1.54) is 4.90 Å². The van der Waals surface area contributed by atoms with Gasteiger partial charge in [0.05, 0.1) is 13.2 Å². The number of carbonyl (C=O) groups is 1. The fraction of sp³-hybridized carbons (Fsp3) is 0.600. The Hall–Kier alpha value is -2.26. The number of nitrogens with zero attached hydrogens (tertiary/aromatic N) is 3. The Bertz CT molecular complexity index is 656. The van der Waals surface area contributed by atoms with Gasteiger partial charge >= 0.3 is 0 Å². The van der Waals surface area contributed by atoms with E-state index >= 15 is 0 Å². The van der Waals surface area contributed by atoms with Crippen molar-refractivity contribution in [1.29, 1.82) is 5.26 Å². The minimum absolute atomic E-state index is 0.0521. The fourth-order valence-electron chi connectivity index (χ4n) is 3.65. The summed E-state index contributed by atoms with van der Waals surface area (Å²) in [6, 6.07) is 7.43. The molecule has 1 saturated heterocycles. The van der Waals surface area contributed by atoms with Crippen LogP contribution in [0.2, 0.25) is 0 Å². The minimum atomic E-state index is 0.0521. The van der Waals surface area contributed by atoms with Crippen LogP contribution >= 0.6 is 0 Å². The number of benzene rings is 1. The number of piperidine rings is 1. The third-order valence-corrected chi connectivity index (χ3v) is 5.36. The number of phenols is 1. The lowest BCUT2D eigenvalue weighted by atomic mass is 9.81. The molecule has 26 heavy (non-hydrogen) atoms. The number of hydrogen-bond acceptors (Lipinski definition) is 5. The molecule has 1 N–H and O–H groups in total. The van der Waals surface area contributed by atoms with Gasteiger partial charge in [0.15, 0.2) is 0 Å². The van der Waals surface area contributed by atoms with E-state index < -0.39 is 0 Å². The Morgan fingerprint density at radius 1 is 1.46 bits per heavy atom. The molecule has 0 spiro atoms. The third kappa shape index (κ3) is 5.12. The van der Waals surface area contributed by atoms with E-state index in [1.807, 2.05) is 18.2 Å². The number of nitriles is 1. The maximum atomic E-state index is 12.3. The van der Waals surface area contributed by atoms with Crippen molar-refractivity contribution in [3.63, 3.8) is 0 Å². The van der Waals surface area contributed by atoms with Gasteiger partial charge in [-0.05, 0) is 30.9 Å². The Morgan fingerprint density at radius 2 is 2.23 bits per heavy atom. The van der Waals surface area contributed by atoms with E-state index in [2.05, 4.69) is 11.8 Å². The molecule has 1 aromatic rings. The molecule has 1 aliphatic heterocycles. The van der Waals surface area contributed by atoms with Crippen LogP contribution in [0.15, 0.2) is 18.2 Å². The standard InChI is InChI=1S/C20H29N3O3/c1-4-15-13-23(14-17-5-6-18(26-3)12-19(17)24)9-7-16(15)11-20(25)22(2)10-8-21/h5-6,12,15-16,24H,4,7,9-11,13-14H2,1-3H3/t15-,16+/m1/s1. The number of phenolic OH excluding ortho intramolecular Hbond substituents is 1. The Kier molecular flexibility index (Phi) is 7.28. The normalized spacial score (nSPS) is 20.4. The van der Waals surface area contributed by atoms with Crippen LogP contribution in [-0.4, -0.2) is 54.6 Å². The third-order valence-electron chi connectivity index (χ3n) is 5.36. The van der Waals surface area contributed by atoms with Crippen molar-refractivity contribution >= 4 is 5.91 Å². The molecule has 142 valence electrons. The molecule has 0 aliphatic carbocycles. The zero-order valence-electron chi connectivity index (χ0n) is 15.9. The second kappa shape index (κ2) is 9.44. The molecule has 1 amide bonds. The first kappa shape index (κ1) is 20.1. The average molecular weight is 359 g/mol. The smallest absolute Gasteiger partial charge is 0.223 e. The number of amides is 1. The number of carbonyl (C=O) groups excluding carboxylic acids is 1. The molecular formula is C20H29N3O3. The number of ether oxygens (including phenoxy) is 1. The molecule has 1 aliphatic rings. The second-order valence-corrected chi connectivity index (χ2v) is 7.06. The van der Waals surface area contributed by atoms with E-state index in [9.17, 15) is 9.90 Å². The predicted octanol–water partition coefficient (Wildman–Crippen LogP) is 2.62. The fourth-order valence-corrected chi connectivity index (χ4v) is 3.65. The van der Waals surface area contributed by atoms with Crippen LogP contribution < -0.4 is 4.74 Å². The van der Waals surface area contributed by atoms with Crippen LogP contribution in [0, 0.1) is 23.2 Å². The highest BCUT2D eigenvalue weighted by Gasteiger charge is 2.30. The summed E-state index contributed by atoms with van der Waals surface area (Å²) in [5.41, 5.74) is 0.893. The van der Waals surface area contributed by atoms with Gasteiger partial charge in [0.25, 0.3) is 0 Å². The molecule has 1 aromatic carbocycles. The monoisotopic (exact) mass is 359 g/mol. The lowest BCUT2D eigenvalue weighted by Gasteiger charge is -2.38. The molecule has 0 unspecified atom stereocenters. The molecule has 6 heteroatoms. The molecule has 0 radical (unpaired) electrons. The maximum Gasteiger partial charge on any atom is 0.223 e. The zero-order valence-corrected chi connectivity index (χ0v) is 15.9. The second-order valence-electron chi connectivity index (χ2n) is 7.06. The van der Waals surface area contributed by atoms with Crippen LogP contribution in [-0.2, 0) is 11.3 Å². The number of likely N-dealkylation sites (tertiary alicyclic amines) is 1. The Labute approximate surface area is 156 Å². The highest BCUT2D eigenvalue weighted by Crippen LogP contribution is 2.32. The first-order chi connectivity index (χ1) is 12.5. The van der Waals surface area contributed by atoms with Crippen molar-refractivity contribution in [2.45, 2.75) is 32.7 Å². The number of hydrogen-bond donors (Lipinski definition) is 1. The molecule has 0 bridgehead atoms. The van der Waals surface area contributed by atoms with Crippen LogP contribution in [0.5, 0.6) is 11.5 Å². The van der Waals surface area contributed by atoms with E-state index in [4.69, 9.17) is 10.00 Å². The van der Waals surface area contributed by atoms with Gasteiger partial charge in [0, 0.05) is 38.2 Å². The van der Waals surface area contributed by atoms with E-state index in [0.29, 0.717) is 30.6 Å². The number of methoxy groups -OCH3 is 1. The summed E-state index contributed by atoms with van der Waals surface area (Å²) in [7, 11) is 3.27. The van der Waals surface area contributed by atoms with Gasteiger partial charge in [-0.25, -0.2) is 0 Å². The first-order valence-electron chi connectivity index (χ1n) is 9.17. The topological polar surface area (TPSA) is 76.8 Å². The van der Waals surface area contributed by atoms with Crippen molar-refractivity contribution < 1.29 is 14.6 Å². The molecule has 2 atom stereocenters. The van der Waals surface area contributed by atoms with Crippen molar-refractivity contribution in [2.24, 2.45) is 11.8 Å². The summed E-state index contributed by atoms with van der Waals surface area (Å²) in [4.78, 5) is 16.1. The van der Waals surface area contributed by atoms with Crippen molar-refractivity contribution in [2.75, 3.05) is 33.8 Å². The SMILES string of the molecule is CC[C@@H]1CN(Cc2ccc(OC)cc2O)CC[C@H]1CC(=O)N(C)CC#N. The molecule has 1 heterocycles. The van der Waals surface area contributed by atoms with Gasteiger partial charge in [-0.2, -0.15) is 5.26 Å². The quantitative estimate of drug-likeness (QED) is 0.757. The molecule has 2 rings (SSSR count). The van der Waals surface area contributed by atoms with Crippen LogP contribution in [0.4, 0.5) is 0 Å². The average Bonchev–Trinajstić information content (AvgIpc) is 2.64. The summed E-state index contributed by atoms with van der Waals surface area (Å²) >= 11 is 0. The molecule has 6 nitrogen and oxygen atoms in total. The summed E-state index contributed by atoms with van der Waals surface area (Å²) in [6.07, 6.45) is 2.49. The van der Waals surface area contributed by atoms with Crippen molar-refractivity contribution in [3.05, 3.63) is 23.8 Å². The van der Waals surface area contributed by atoms with Crippen LogP contribution in [0.3, 0.4) is 0 Å². The van der Waals surface area contributed by atoms with Gasteiger partial charge in [-0.3, -0.25) is 9.69 Å². The summed E-state index contributed by atoms with van der Waals surface area (Å²) in [5, 5.41) is 18.9. The lowest BCUT2D eigenvalue weighted by molar-refractivity contribution is -0.131. The van der Waals surface area contributed by atoms with Crippen molar-refractivity contribution in [3.8, 4) is 17.6 Å². The zero-order chi connectivity index (χ0) is 19.1. The highest BCUT2D eigenvalue weighted by molar-refractivity contribution is 5.76. The number of aromatic hydroxyl groups is 1. The van der Waals surface area contributed by atoms with Gasteiger partial charge in [-0.15, -0.1) is 0 Å². The molecule has 0 aromatic heterocycles. The van der Waals surface area contributed by atoms with Crippen molar-refractivity contribution in [1.82, 2.24) is 9.80 Å². The first-order valence-corrected chi connectivity index (χ1v) is 9.17. The largest absolute Gasteiger partial charge is 0.507 e. The van der Waals surface area contributed by atoms with Gasteiger partial charge in [-0.1, -0.05) is 19.4 Å². The highest BCUT2D eigenvalue weighted by atomic mass is 16.5. The van der Waals surface area contributed by atoms with Gasteiger partial charge in [0.2, 0.25) is 5.91 Å². The maximum absolute atomic E-state index is 12.3. The summed E-state index contributed by atoms with van der Waals surface area (Å²) < 4.78 is 5.13. The van der Waals surface area contributed by atoms with Crippen LogP contribution in [0.25, 0.3) is 0 Å². The Morgan fingerprint density at radius 3 is 2.85 bits per heavy atom. The molecular weight excluding hydrogens is 330 g/mol. The summed E-state index contributed by atoms with van der Waals surface area (Å²) in [6.45, 7) is 4.83. The molecule has 0 saturated carbocycles. The molecule has 1 fully saturated rings. The lowest BCUT2D eigenvalue weighted by Crippen LogP contribution is -2.41. The van der Waals surface area contributed by atoms with E-state index in [0.717, 1.165) is 31.5 Å².